The van der Waals surface area contributed by atoms with E-state index in [2.05, 4.69) is 50.4 Å². The molecule has 0 spiro atoms. The van der Waals surface area contributed by atoms with Crippen LogP contribution in [0.25, 0.3) is 0 Å². The van der Waals surface area contributed by atoms with Crippen LogP contribution in [0.15, 0.2) is 54.6 Å². The number of hydrogen-bond acceptors (Lipinski definition) is 2. The van der Waals surface area contributed by atoms with Gasteiger partial charge in [-0.25, -0.2) is 0 Å². The summed E-state index contributed by atoms with van der Waals surface area (Å²) in [4.78, 5) is 0. The number of phenols is 1. The quantitative estimate of drug-likeness (QED) is 0.846. The van der Waals surface area contributed by atoms with Crippen LogP contribution < -0.4 is 5.32 Å². The van der Waals surface area contributed by atoms with Gasteiger partial charge in [-0.05, 0) is 41.6 Å². The fraction of sp³-hybridized carbons (Fsp3) is 0.368. The van der Waals surface area contributed by atoms with Crippen molar-refractivity contribution in [3.63, 3.8) is 0 Å². The van der Waals surface area contributed by atoms with Gasteiger partial charge < -0.3 is 10.4 Å². The van der Waals surface area contributed by atoms with E-state index in [1.54, 1.807) is 12.1 Å². The summed E-state index contributed by atoms with van der Waals surface area (Å²) >= 11 is 0. The zero-order chi connectivity index (χ0) is 15.3. The van der Waals surface area contributed by atoms with Gasteiger partial charge in [0.25, 0.3) is 0 Å². The van der Waals surface area contributed by atoms with Crippen molar-refractivity contribution in [1.82, 2.24) is 5.32 Å². The van der Waals surface area contributed by atoms with Crippen molar-refractivity contribution in [1.29, 1.82) is 0 Å². The summed E-state index contributed by atoms with van der Waals surface area (Å²) < 4.78 is 0. The van der Waals surface area contributed by atoms with Gasteiger partial charge in [-0.1, -0.05) is 63.2 Å². The van der Waals surface area contributed by atoms with Crippen molar-refractivity contribution in [3.05, 3.63) is 65.7 Å². The average molecular weight is 283 g/mol. The molecule has 0 amide bonds. The van der Waals surface area contributed by atoms with Crippen LogP contribution in [0, 0.1) is 5.41 Å². The molecule has 2 aromatic rings. The van der Waals surface area contributed by atoms with E-state index in [1.165, 1.54) is 11.1 Å². The lowest BCUT2D eigenvalue weighted by Gasteiger charge is -2.23. The van der Waals surface area contributed by atoms with Crippen LogP contribution in [0.3, 0.4) is 0 Å². The summed E-state index contributed by atoms with van der Waals surface area (Å²) in [5, 5.41) is 13.1. The molecule has 2 rings (SSSR count). The van der Waals surface area contributed by atoms with E-state index < -0.39 is 0 Å². The minimum atomic E-state index is 0.161. The molecule has 0 fully saturated rings. The van der Waals surface area contributed by atoms with Gasteiger partial charge in [0.2, 0.25) is 0 Å². The Morgan fingerprint density at radius 1 is 0.905 bits per heavy atom. The van der Waals surface area contributed by atoms with Gasteiger partial charge in [0.05, 0.1) is 6.04 Å². The molecule has 0 saturated carbocycles. The van der Waals surface area contributed by atoms with Gasteiger partial charge in [0.15, 0.2) is 0 Å². The van der Waals surface area contributed by atoms with Gasteiger partial charge >= 0.3 is 0 Å². The molecular weight excluding hydrogens is 258 g/mol. The van der Waals surface area contributed by atoms with E-state index in [0.29, 0.717) is 11.2 Å². The average Bonchev–Trinajstić information content (AvgIpc) is 2.45. The van der Waals surface area contributed by atoms with Crippen LogP contribution in [-0.4, -0.2) is 11.7 Å². The molecule has 2 N–H and O–H groups in total. The van der Waals surface area contributed by atoms with Crippen molar-refractivity contribution in [2.45, 2.75) is 33.2 Å². The van der Waals surface area contributed by atoms with Crippen molar-refractivity contribution < 1.29 is 5.11 Å². The summed E-state index contributed by atoms with van der Waals surface area (Å²) in [7, 11) is 0. The maximum atomic E-state index is 9.47. The van der Waals surface area contributed by atoms with E-state index in [9.17, 15) is 5.11 Å². The third-order valence-electron chi connectivity index (χ3n) is 3.58. The Labute approximate surface area is 127 Å². The SMILES string of the molecule is CC(C)(C)CCNC(c1ccccc1)c1ccc(O)cc1. The lowest BCUT2D eigenvalue weighted by atomic mass is 9.91. The Morgan fingerprint density at radius 3 is 2.05 bits per heavy atom. The predicted octanol–water partition coefficient (Wildman–Crippen LogP) is 4.51. The zero-order valence-electron chi connectivity index (χ0n) is 13.1. The molecule has 21 heavy (non-hydrogen) atoms. The van der Waals surface area contributed by atoms with Gasteiger partial charge in [-0.15, -0.1) is 0 Å². The van der Waals surface area contributed by atoms with E-state index in [0.717, 1.165) is 13.0 Å². The third-order valence-corrected chi connectivity index (χ3v) is 3.58. The molecule has 1 atom stereocenters. The molecule has 2 aromatic carbocycles. The van der Waals surface area contributed by atoms with Crippen molar-refractivity contribution >= 4 is 0 Å². The van der Waals surface area contributed by atoms with Crippen molar-refractivity contribution in [2.24, 2.45) is 5.41 Å². The third kappa shape index (κ3) is 4.91. The largest absolute Gasteiger partial charge is 0.508 e. The molecule has 0 saturated heterocycles. The molecule has 0 bridgehead atoms. The molecular formula is C19H25NO. The second kappa shape index (κ2) is 6.77. The normalized spacial score (nSPS) is 13.1. The lowest BCUT2D eigenvalue weighted by molar-refractivity contribution is 0.361. The second-order valence-corrected chi connectivity index (χ2v) is 6.70. The molecule has 0 heterocycles. The van der Waals surface area contributed by atoms with Crippen LogP contribution >= 0.6 is 0 Å². The summed E-state index contributed by atoms with van der Waals surface area (Å²) in [6.45, 7) is 7.73. The molecule has 0 aromatic heterocycles. The van der Waals surface area contributed by atoms with Crippen LogP contribution in [0.4, 0.5) is 0 Å². The van der Waals surface area contributed by atoms with E-state index in [1.807, 2.05) is 18.2 Å². The second-order valence-electron chi connectivity index (χ2n) is 6.70. The monoisotopic (exact) mass is 283 g/mol. The Bertz CT molecular complexity index is 540. The first-order valence-electron chi connectivity index (χ1n) is 7.53. The maximum Gasteiger partial charge on any atom is 0.115 e. The van der Waals surface area contributed by atoms with Crippen molar-refractivity contribution in [2.75, 3.05) is 6.54 Å². The first-order valence-corrected chi connectivity index (χ1v) is 7.53. The van der Waals surface area contributed by atoms with E-state index in [4.69, 9.17) is 0 Å². The van der Waals surface area contributed by atoms with Crippen LogP contribution in [0.2, 0.25) is 0 Å². The van der Waals surface area contributed by atoms with E-state index in [-0.39, 0.29) is 6.04 Å². The van der Waals surface area contributed by atoms with Crippen LogP contribution in [-0.2, 0) is 0 Å². The molecule has 0 radical (unpaired) electrons. The minimum Gasteiger partial charge on any atom is -0.508 e. The minimum absolute atomic E-state index is 0.161. The highest BCUT2D eigenvalue weighted by atomic mass is 16.3. The fourth-order valence-electron chi connectivity index (χ4n) is 2.33. The summed E-state index contributed by atoms with van der Waals surface area (Å²) in [6.07, 6.45) is 1.12. The van der Waals surface area contributed by atoms with Gasteiger partial charge in [-0.2, -0.15) is 0 Å². The highest BCUT2D eigenvalue weighted by molar-refractivity contribution is 5.34. The highest BCUT2D eigenvalue weighted by Gasteiger charge is 2.15. The summed E-state index contributed by atoms with van der Waals surface area (Å²) in [5.74, 6) is 0.306. The number of nitrogens with one attached hydrogen (secondary N) is 1. The smallest absolute Gasteiger partial charge is 0.115 e. The molecule has 112 valence electrons. The number of phenolic OH excluding ortho intramolecular Hbond substituents is 1. The van der Waals surface area contributed by atoms with E-state index >= 15 is 0 Å². The van der Waals surface area contributed by atoms with Gasteiger partial charge in [0, 0.05) is 0 Å². The molecule has 0 aliphatic rings. The predicted molar refractivity (Wildman–Crippen MR) is 88.5 cm³/mol. The van der Waals surface area contributed by atoms with Gasteiger partial charge in [0.1, 0.15) is 5.75 Å². The number of aromatic hydroxyl groups is 1. The fourth-order valence-corrected chi connectivity index (χ4v) is 2.33. The van der Waals surface area contributed by atoms with Crippen molar-refractivity contribution in [3.8, 4) is 5.75 Å². The number of hydrogen-bond donors (Lipinski definition) is 2. The number of rotatable bonds is 5. The maximum absolute atomic E-state index is 9.47. The zero-order valence-corrected chi connectivity index (χ0v) is 13.1. The van der Waals surface area contributed by atoms with Gasteiger partial charge in [-0.3, -0.25) is 0 Å². The highest BCUT2D eigenvalue weighted by Crippen LogP contribution is 2.25. The number of benzene rings is 2. The summed E-state index contributed by atoms with van der Waals surface area (Å²) in [5.41, 5.74) is 2.74. The Morgan fingerprint density at radius 2 is 1.48 bits per heavy atom. The molecule has 2 heteroatoms. The first-order chi connectivity index (χ1) is 9.96. The lowest BCUT2D eigenvalue weighted by Crippen LogP contribution is -2.26. The Balaban J connectivity index is 2.17. The standard InChI is InChI=1S/C19H25NO/c1-19(2,3)13-14-20-18(15-7-5-4-6-8-15)16-9-11-17(21)12-10-16/h4-12,18,20-21H,13-14H2,1-3H3. The molecule has 0 aliphatic carbocycles. The first kappa shape index (κ1) is 15.6. The topological polar surface area (TPSA) is 32.3 Å². The molecule has 0 aliphatic heterocycles. The molecule has 2 nitrogen and oxygen atoms in total. The Kier molecular flexibility index (Phi) is 5.03. The van der Waals surface area contributed by atoms with Crippen LogP contribution in [0.1, 0.15) is 44.4 Å². The molecule has 1 unspecified atom stereocenters. The van der Waals surface area contributed by atoms with Crippen LogP contribution in [0.5, 0.6) is 5.75 Å². The summed E-state index contributed by atoms with van der Waals surface area (Å²) in [6, 6.07) is 18.1. The Hall–Kier alpha value is -1.80.